The van der Waals surface area contributed by atoms with Crippen molar-refractivity contribution in [2.75, 3.05) is 90.8 Å². The number of thiocarbonyl (C=S) groups is 2. The highest BCUT2D eigenvalue weighted by atomic mass is 32.1. The molecule has 0 aliphatic rings. The lowest BCUT2D eigenvalue weighted by molar-refractivity contribution is -0.143. The van der Waals surface area contributed by atoms with Gasteiger partial charge in [0.05, 0.1) is 38.4 Å². The van der Waals surface area contributed by atoms with Crippen LogP contribution in [0.15, 0.2) is 36.7 Å². The molecule has 0 spiro atoms. The number of carboxylic acids is 4. The number of aliphatic carboxylic acids is 4. The van der Waals surface area contributed by atoms with Crippen molar-refractivity contribution in [1.82, 2.24) is 83.7 Å². The van der Waals surface area contributed by atoms with Gasteiger partial charge in [-0.1, -0.05) is 24.4 Å². The van der Waals surface area contributed by atoms with Gasteiger partial charge in [0, 0.05) is 62.3 Å². The van der Waals surface area contributed by atoms with E-state index in [1.165, 1.54) is 68.5 Å². The zero-order valence-corrected chi connectivity index (χ0v) is 74.9. The van der Waals surface area contributed by atoms with E-state index >= 15 is 0 Å². The van der Waals surface area contributed by atoms with Gasteiger partial charge in [0.15, 0.2) is 36.2 Å². The quantitative estimate of drug-likeness (QED) is 0.0178. The summed E-state index contributed by atoms with van der Waals surface area (Å²) in [6.07, 6.45) is 6.31. The lowest BCUT2D eigenvalue weighted by Crippen LogP contribution is -2.57. The third kappa shape index (κ3) is 40.5. The van der Waals surface area contributed by atoms with Gasteiger partial charge in [0.1, 0.15) is 72.1 Å². The third-order valence-corrected chi connectivity index (χ3v) is 19.2. The normalized spacial score (nSPS) is 13.1. The van der Waals surface area contributed by atoms with E-state index < -0.39 is 169 Å². The number of hydrogen-bond donors (Lipinski definition) is 22. The van der Waals surface area contributed by atoms with Crippen LogP contribution in [0.5, 0.6) is 34.5 Å². The number of nitrogens with two attached hydrogens (primary N) is 6. The molecule has 0 aliphatic carbocycles. The molecule has 48 heteroatoms. The predicted molar refractivity (Wildman–Crippen MR) is 474 cm³/mol. The second-order valence-corrected chi connectivity index (χ2v) is 30.6. The van der Waals surface area contributed by atoms with Gasteiger partial charge in [-0.15, -0.1) is 0 Å². The summed E-state index contributed by atoms with van der Waals surface area (Å²) >= 11 is 10.0. The molecule has 2 aromatic heterocycles. The summed E-state index contributed by atoms with van der Waals surface area (Å²) in [5, 5.41) is 68.7. The molecular formula is C80H122N22O24S2. The lowest BCUT2D eigenvalue weighted by atomic mass is 10.1. The van der Waals surface area contributed by atoms with Crippen molar-refractivity contribution >= 4 is 141 Å². The molecule has 0 radical (unpaired) electrons. The van der Waals surface area contributed by atoms with Crippen molar-refractivity contribution in [3.63, 3.8) is 0 Å². The Hall–Kier alpha value is -13.1. The summed E-state index contributed by atoms with van der Waals surface area (Å²) in [4.78, 5) is 196. The minimum absolute atomic E-state index is 0.0151. The summed E-state index contributed by atoms with van der Waals surface area (Å²) in [6, 6.07) is -6.22. The molecule has 0 bridgehead atoms. The van der Waals surface area contributed by atoms with Crippen molar-refractivity contribution in [3.8, 4) is 34.5 Å². The maximum Gasteiger partial charge on any atom is 0.326 e. The van der Waals surface area contributed by atoms with Gasteiger partial charge in [0.25, 0.3) is 11.8 Å². The van der Waals surface area contributed by atoms with Crippen LogP contribution in [-0.4, -0.2) is 262 Å². The maximum atomic E-state index is 13.4. The van der Waals surface area contributed by atoms with Gasteiger partial charge in [-0.3, -0.25) is 57.5 Å². The Labute approximate surface area is 750 Å². The zero-order valence-electron chi connectivity index (χ0n) is 73.2. The van der Waals surface area contributed by atoms with Crippen LogP contribution in [0.25, 0.3) is 0 Å². The fourth-order valence-corrected chi connectivity index (χ4v) is 12.2. The molecule has 2 heterocycles. The standard InChI is InChI=1S/C42H63N11O12S2.C38H59N11O12/c1-22(37(57)48-23(2)38(58)51-28(11-7-9-15-45-24(3)66)40(60)52-30(41(61)62)12-8-10-16-46-25(4)67)49-39(59)29(13-14-34(55)56)50-33(54)21-65-35-31(63-5)18-26(19-32(35)64-6)17-27-20-47-42(44)53-36(27)43;1-20(33(53)44-21(2)34(54)47-24(9-5-7-13-39)36(56)48-26(37(57)58)10-6-8-14-40)45-35(55)25(11-12-30(51)52)46-29(50)19-61-31-27(59-3)16-22(17-28(31)60-4)15-23-18-43-38(42)49-32(23)41/h18-20,22-23,28-30H,7-17,21H2,1-6H3,(H,45,66)(H,46,67)(H,48,57)(H,49,59)(H,50,54)(H,51,58)(H,52,60)(H,55,56)(H,61,62)(H4,43,44,47,53);16-18,20-21,24-26H,5-15,19,39-40H2,1-4H3,(H,44,53)(H,45,55)(H,46,50)(H,47,54)(H,48,56)(H,51,52)(H,57,58)(H4,41,42,43,49). The number of nitrogens with one attached hydrogen (secondary N) is 12. The molecule has 28 N–H and O–H groups in total. The molecule has 0 saturated carbocycles. The molecule has 46 nitrogen and oxygen atoms in total. The van der Waals surface area contributed by atoms with E-state index in [0.29, 0.717) is 110 Å². The molecule has 0 saturated heterocycles. The molecule has 10 atom stereocenters. The molecule has 4 aromatic rings. The summed E-state index contributed by atoms with van der Waals surface area (Å²) in [5.41, 5.74) is 36.7. The van der Waals surface area contributed by atoms with Gasteiger partial charge >= 0.3 is 23.9 Å². The smallest absolute Gasteiger partial charge is 0.326 e. The molecule has 2 aromatic carbocycles. The van der Waals surface area contributed by atoms with Crippen molar-refractivity contribution in [2.24, 2.45) is 11.5 Å². The second kappa shape index (κ2) is 57.5. The van der Waals surface area contributed by atoms with E-state index in [2.05, 4.69) is 83.7 Å². The van der Waals surface area contributed by atoms with Crippen LogP contribution in [-0.2, 0) is 80.0 Å². The number of anilines is 4. The van der Waals surface area contributed by atoms with Crippen molar-refractivity contribution < 1.29 is 116 Å². The van der Waals surface area contributed by atoms with Crippen LogP contribution >= 0.6 is 24.4 Å². The summed E-state index contributed by atoms with van der Waals surface area (Å²) < 4.78 is 33.4. The summed E-state index contributed by atoms with van der Waals surface area (Å²) in [5.74, 6) is -11.9. The highest BCUT2D eigenvalue weighted by Gasteiger charge is 2.34. The van der Waals surface area contributed by atoms with Crippen LogP contribution < -0.4 is 127 Å². The SMILES string of the molecule is COc1cc(Cc2cnc(N)nc2N)cc(OC)c1OCC(=O)NC(CCC(=O)O)C(=O)NC(C)C(=O)NC(C)C(=O)NC(CCCCN)C(=O)NC(CCCCN)C(=O)O.COc1cc(Cc2cnc(N)nc2N)cc(OC)c1OCC(=O)NC(CCC(=O)O)C(=O)NC(C)C(=O)NC(C)C(=O)NC(CCCCNC(C)=S)C(=O)NC(CCCCNC(C)=S)C(=O)O. The topological polar surface area (TPSA) is 727 Å². The molecule has 708 valence electrons. The van der Waals surface area contributed by atoms with Crippen molar-refractivity contribution in [1.29, 1.82) is 0 Å². The number of carboxylic acid groups (broad SMARTS) is 4. The number of nitrogens with zero attached hydrogens (tertiary/aromatic N) is 4. The van der Waals surface area contributed by atoms with Crippen LogP contribution in [0.3, 0.4) is 0 Å². The molecular weight excluding hydrogens is 1720 g/mol. The number of unbranched alkanes of at least 4 members (excludes halogenated alkanes) is 4. The number of nitrogen functional groups attached to an aromatic ring is 4. The van der Waals surface area contributed by atoms with E-state index in [0.717, 1.165) is 0 Å². The van der Waals surface area contributed by atoms with E-state index in [1.807, 2.05) is 0 Å². The molecule has 10 amide bonds. The van der Waals surface area contributed by atoms with Crippen LogP contribution in [0.1, 0.15) is 167 Å². The molecule has 10 unspecified atom stereocenters. The Morgan fingerprint density at radius 3 is 0.938 bits per heavy atom. The first-order valence-electron chi connectivity index (χ1n) is 40.9. The number of ether oxygens (including phenoxy) is 6. The average Bonchev–Trinajstić information content (AvgIpc) is 0.816. The number of rotatable bonds is 58. The largest absolute Gasteiger partial charge is 0.493 e. The van der Waals surface area contributed by atoms with Crippen molar-refractivity contribution in [2.45, 2.75) is 218 Å². The maximum absolute atomic E-state index is 13.4. The Morgan fingerprint density at radius 2 is 0.656 bits per heavy atom. The predicted octanol–water partition coefficient (Wildman–Crippen LogP) is -1.45. The number of carbonyl (C=O) groups is 14. The zero-order chi connectivity index (χ0) is 95.9. The number of benzene rings is 2. The highest BCUT2D eigenvalue weighted by Crippen LogP contribution is 2.41. The lowest BCUT2D eigenvalue weighted by Gasteiger charge is -2.24. The molecule has 0 fully saturated rings. The van der Waals surface area contributed by atoms with Gasteiger partial charge in [-0.2, -0.15) is 9.97 Å². The second-order valence-electron chi connectivity index (χ2n) is 29.3. The first kappa shape index (κ1) is 109. The molecule has 4 rings (SSSR count). The number of amides is 10. The van der Waals surface area contributed by atoms with E-state index in [-0.39, 0.29) is 109 Å². The Balaban J connectivity index is 0.000000663. The van der Waals surface area contributed by atoms with Gasteiger partial charge < -0.3 is 147 Å². The third-order valence-electron chi connectivity index (χ3n) is 18.9. The fraction of sp³-hybridized carbons (Fsp3) is 0.550. The Bertz CT molecular complexity index is 4410. The van der Waals surface area contributed by atoms with Crippen LogP contribution in [0, 0.1) is 0 Å². The van der Waals surface area contributed by atoms with Gasteiger partial charge in [-0.05, 0) is 180 Å². The van der Waals surface area contributed by atoms with Crippen LogP contribution in [0.4, 0.5) is 23.5 Å². The number of hydrogen-bond acceptors (Lipinski definition) is 32. The van der Waals surface area contributed by atoms with Gasteiger partial charge in [-0.25, -0.2) is 19.6 Å². The minimum atomic E-state index is -1.44. The van der Waals surface area contributed by atoms with E-state index in [4.69, 9.17) is 87.3 Å². The highest BCUT2D eigenvalue weighted by molar-refractivity contribution is 7.80. The first-order valence-corrected chi connectivity index (χ1v) is 41.7. The average molecular weight is 1840 g/mol. The van der Waals surface area contributed by atoms with Crippen LogP contribution in [0.2, 0.25) is 0 Å². The number of carbonyl (C=O) groups excluding carboxylic acids is 10. The Morgan fingerprint density at radius 1 is 0.383 bits per heavy atom. The van der Waals surface area contributed by atoms with E-state index in [1.54, 1.807) is 38.1 Å². The number of methoxy groups -OCH3 is 4. The molecule has 0 aliphatic heterocycles. The number of aromatic nitrogens is 4. The fourth-order valence-electron chi connectivity index (χ4n) is 12.0. The van der Waals surface area contributed by atoms with Crippen molar-refractivity contribution in [3.05, 3.63) is 58.9 Å². The minimum Gasteiger partial charge on any atom is -0.493 e. The van der Waals surface area contributed by atoms with Gasteiger partial charge in [0.2, 0.25) is 70.7 Å². The Kier molecular flexibility index (Phi) is 49.0. The van der Waals surface area contributed by atoms with E-state index in [9.17, 15) is 87.5 Å². The monoisotopic (exact) mass is 1840 g/mol. The first-order chi connectivity index (χ1) is 60.6. The molecule has 128 heavy (non-hydrogen) atoms. The summed E-state index contributed by atoms with van der Waals surface area (Å²) in [6.45, 7) is 9.12. The summed E-state index contributed by atoms with van der Waals surface area (Å²) in [7, 11) is 5.48.